The Morgan fingerprint density at radius 3 is 2.11 bits per heavy atom. The lowest BCUT2D eigenvalue weighted by Gasteiger charge is -2.34. The summed E-state index contributed by atoms with van der Waals surface area (Å²) in [6, 6.07) is 23.7. The first-order chi connectivity index (χ1) is 18.4. The molecule has 0 unspecified atom stereocenters. The molecule has 2 amide bonds. The fourth-order valence-corrected chi connectivity index (χ4v) is 4.70. The summed E-state index contributed by atoms with van der Waals surface area (Å²) in [5.74, 6) is -1.10. The van der Waals surface area contributed by atoms with E-state index in [0.29, 0.717) is 48.9 Å². The topological polar surface area (TPSA) is 54.8 Å². The van der Waals surface area contributed by atoms with Crippen molar-refractivity contribution in [2.24, 2.45) is 0 Å². The van der Waals surface area contributed by atoms with Gasteiger partial charge in [-0.1, -0.05) is 48.5 Å². The number of hydrogen-bond donors (Lipinski definition) is 0. The highest BCUT2D eigenvalue weighted by Crippen LogP contribution is 2.31. The Labute approximate surface area is 219 Å². The van der Waals surface area contributed by atoms with Gasteiger partial charge in [0.05, 0.1) is 16.9 Å². The molecule has 0 bridgehead atoms. The number of hydrogen-bond acceptors (Lipinski definition) is 3. The number of amides is 2. The summed E-state index contributed by atoms with van der Waals surface area (Å²) < 4.78 is 35.7. The quantitative estimate of drug-likeness (QED) is 0.359. The fraction of sp³-hybridized carbons (Fsp3) is 0.200. The molecular weight excluding hydrogens is 488 g/mol. The third kappa shape index (κ3) is 5.16. The Kier molecular flexibility index (Phi) is 7.22. The fourth-order valence-electron chi connectivity index (χ4n) is 4.70. The third-order valence-corrected chi connectivity index (χ3v) is 6.72. The summed E-state index contributed by atoms with van der Waals surface area (Å²) in [6.45, 7) is 3.20. The highest BCUT2D eigenvalue weighted by molar-refractivity contribution is 5.97. The van der Waals surface area contributed by atoms with Gasteiger partial charge in [0, 0.05) is 37.9 Å². The molecule has 0 saturated carbocycles. The van der Waals surface area contributed by atoms with Crippen LogP contribution in [0.3, 0.4) is 0 Å². The molecule has 1 aliphatic rings. The van der Waals surface area contributed by atoms with Crippen molar-refractivity contribution in [2.45, 2.75) is 6.92 Å². The van der Waals surface area contributed by atoms with Gasteiger partial charge in [-0.05, 0) is 42.8 Å². The molecule has 194 valence electrons. The Morgan fingerprint density at radius 1 is 0.816 bits per heavy atom. The first-order valence-corrected chi connectivity index (χ1v) is 12.4. The van der Waals surface area contributed by atoms with Crippen molar-refractivity contribution >= 4 is 11.8 Å². The summed E-state index contributed by atoms with van der Waals surface area (Å²) in [5, 5.41) is 0. The zero-order valence-corrected chi connectivity index (χ0v) is 20.9. The summed E-state index contributed by atoms with van der Waals surface area (Å²) >= 11 is 0. The van der Waals surface area contributed by atoms with Gasteiger partial charge in [0.15, 0.2) is 6.61 Å². The van der Waals surface area contributed by atoms with Crippen LogP contribution in [0.1, 0.15) is 16.1 Å². The Bertz CT molecular complexity index is 1450. The lowest BCUT2D eigenvalue weighted by atomic mass is 10.1. The molecular formula is C30H27F2N3O3. The van der Waals surface area contributed by atoms with E-state index in [1.807, 2.05) is 48.5 Å². The van der Waals surface area contributed by atoms with Gasteiger partial charge in [-0.15, -0.1) is 0 Å². The minimum Gasteiger partial charge on any atom is -0.484 e. The molecule has 0 aliphatic carbocycles. The molecule has 0 radical (unpaired) electrons. The van der Waals surface area contributed by atoms with E-state index in [9.17, 15) is 18.4 Å². The summed E-state index contributed by atoms with van der Waals surface area (Å²) in [6.07, 6.45) is 0. The molecule has 6 nitrogen and oxygen atoms in total. The van der Waals surface area contributed by atoms with E-state index in [2.05, 4.69) is 0 Å². The largest absolute Gasteiger partial charge is 0.484 e. The SMILES string of the molecule is Cc1c(C(=O)N2CCN(C(=O)COc3ccccc3)CC2)cc(-c2ccccc2)n1-c1ccc(F)cc1F. The zero-order valence-electron chi connectivity index (χ0n) is 20.9. The van der Waals surface area contributed by atoms with Crippen LogP contribution in [0.25, 0.3) is 16.9 Å². The van der Waals surface area contributed by atoms with Crippen LogP contribution in [-0.4, -0.2) is 59.0 Å². The number of nitrogens with zero attached hydrogens (tertiary/aromatic N) is 3. The van der Waals surface area contributed by atoms with Gasteiger partial charge in [0.25, 0.3) is 11.8 Å². The molecule has 0 atom stereocenters. The number of para-hydroxylation sites is 1. The smallest absolute Gasteiger partial charge is 0.260 e. The Morgan fingerprint density at radius 2 is 1.45 bits per heavy atom. The first-order valence-electron chi connectivity index (χ1n) is 12.4. The highest BCUT2D eigenvalue weighted by Gasteiger charge is 2.28. The lowest BCUT2D eigenvalue weighted by molar-refractivity contribution is -0.134. The van der Waals surface area contributed by atoms with E-state index in [1.165, 1.54) is 12.1 Å². The van der Waals surface area contributed by atoms with Crippen LogP contribution in [0.5, 0.6) is 5.75 Å². The first kappa shape index (κ1) is 25.2. The van der Waals surface area contributed by atoms with Crippen molar-refractivity contribution in [3.8, 4) is 22.7 Å². The van der Waals surface area contributed by atoms with E-state index in [1.54, 1.807) is 39.5 Å². The molecule has 1 aliphatic heterocycles. The molecule has 8 heteroatoms. The average Bonchev–Trinajstić information content (AvgIpc) is 3.29. The van der Waals surface area contributed by atoms with E-state index in [0.717, 1.165) is 11.6 Å². The monoisotopic (exact) mass is 515 g/mol. The van der Waals surface area contributed by atoms with Crippen LogP contribution >= 0.6 is 0 Å². The number of aromatic nitrogens is 1. The Balaban J connectivity index is 1.35. The predicted octanol–water partition coefficient (Wildman–Crippen LogP) is 5.09. The van der Waals surface area contributed by atoms with Gasteiger partial charge in [0.1, 0.15) is 17.4 Å². The van der Waals surface area contributed by atoms with Gasteiger partial charge in [-0.2, -0.15) is 0 Å². The van der Waals surface area contributed by atoms with E-state index in [4.69, 9.17) is 4.74 Å². The molecule has 0 N–H and O–H groups in total. The molecule has 1 saturated heterocycles. The molecule has 5 rings (SSSR count). The van der Waals surface area contributed by atoms with Crippen molar-refractivity contribution in [3.05, 3.63) is 108 Å². The molecule has 3 aromatic carbocycles. The second kappa shape index (κ2) is 10.9. The van der Waals surface area contributed by atoms with Crippen LogP contribution in [0, 0.1) is 18.6 Å². The predicted molar refractivity (Wildman–Crippen MR) is 140 cm³/mol. The normalized spacial score (nSPS) is 13.4. The maximum Gasteiger partial charge on any atom is 0.260 e. The Hall–Kier alpha value is -4.46. The minimum atomic E-state index is -0.718. The van der Waals surface area contributed by atoms with Gasteiger partial charge in [0.2, 0.25) is 0 Å². The number of carbonyl (C=O) groups excluding carboxylic acids is 2. The third-order valence-electron chi connectivity index (χ3n) is 6.72. The number of halogens is 2. The maximum absolute atomic E-state index is 14.9. The van der Waals surface area contributed by atoms with Gasteiger partial charge < -0.3 is 19.1 Å². The van der Waals surface area contributed by atoms with Crippen molar-refractivity contribution in [2.75, 3.05) is 32.8 Å². The number of piperazine rings is 1. The van der Waals surface area contributed by atoms with E-state index >= 15 is 0 Å². The van der Waals surface area contributed by atoms with Crippen molar-refractivity contribution in [1.82, 2.24) is 14.4 Å². The van der Waals surface area contributed by atoms with Crippen LogP contribution < -0.4 is 4.74 Å². The van der Waals surface area contributed by atoms with E-state index < -0.39 is 11.6 Å². The molecule has 38 heavy (non-hydrogen) atoms. The summed E-state index contributed by atoms with van der Waals surface area (Å²) in [5.41, 5.74) is 2.57. The van der Waals surface area contributed by atoms with Crippen LogP contribution in [0.2, 0.25) is 0 Å². The summed E-state index contributed by atoms with van der Waals surface area (Å²) in [4.78, 5) is 29.6. The molecule has 0 spiro atoms. The van der Waals surface area contributed by atoms with Gasteiger partial charge >= 0.3 is 0 Å². The van der Waals surface area contributed by atoms with Crippen LogP contribution in [0.4, 0.5) is 8.78 Å². The second-order valence-electron chi connectivity index (χ2n) is 9.10. The molecule has 1 aromatic heterocycles. The summed E-state index contributed by atoms with van der Waals surface area (Å²) in [7, 11) is 0. The second-order valence-corrected chi connectivity index (χ2v) is 9.10. The van der Waals surface area contributed by atoms with Crippen LogP contribution in [0.15, 0.2) is 84.9 Å². The van der Waals surface area contributed by atoms with Crippen LogP contribution in [-0.2, 0) is 4.79 Å². The number of rotatable bonds is 6. The molecule has 2 heterocycles. The van der Waals surface area contributed by atoms with Gasteiger partial charge in [-0.25, -0.2) is 8.78 Å². The van der Waals surface area contributed by atoms with Crippen molar-refractivity contribution in [3.63, 3.8) is 0 Å². The van der Waals surface area contributed by atoms with Gasteiger partial charge in [-0.3, -0.25) is 9.59 Å². The minimum absolute atomic E-state index is 0.0659. The zero-order chi connectivity index (χ0) is 26.6. The number of carbonyl (C=O) groups is 2. The molecule has 1 fully saturated rings. The van der Waals surface area contributed by atoms with Crippen molar-refractivity contribution in [1.29, 1.82) is 0 Å². The lowest BCUT2D eigenvalue weighted by Crippen LogP contribution is -2.51. The van der Waals surface area contributed by atoms with E-state index in [-0.39, 0.29) is 24.1 Å². The molecule has 4 aromatic rings. The standard InChI is InChI=1S/C30H27F2N3O3/c1-21-25(19-28(22-8-4-2-5-9-22)35(21)27-13-12-23(31)18-26(27)32)30(37)34-16-14-33(15-17-34)29(36)20-38-24-10-6-3-7-11-24/h2-13,18-19H,14-17,20H2,1H3. The number of benzene rings is 3. The highest BCUT2D eigenvalue weighted by atomic mass is 19.1. The maximum atomic E-state index is 14.9. The number of ether oxygens (including phenoxy) is 1. The average molecular weight is 516 g/mol. The van der Waals surface area contributed by atoms with Crippen molar-refractivity contribution < 1.29 is 23.1 Å².